The summed E-state index contributed by atoms with van der Waals surface area (Å²) in [7, 11) is 0. The maximum absolute atomic E-state index is 12.6. The second kappa shape index (κ2) is 9.61. The maximum Gasteiger partial charge on any atom is 0.325 e. The zero-order chi connectivity index (χ0) is 17.2. The predicted molar refractivity (Wildman–Crippen MR) is 85.0 cm³/mol. The Morgan fingerprint density at radius 3 is 2.00 bits per heavy atom. The lowest BCUT2D eigenvalue weighted by atomic mass is 10.1. The molecule has 0 N–H and O–H groups in total. The third-order valence-electron chi connectivity index (χ3n) is 3.12. The highest BCUT2D eigenvalue weighted by Crippen LogP contribution is 2.10. The number of carbonyl (C=O) groups is 3. The molecule has 6 nitrogen and oxygen atoms in total. The molecule has 6 heteroatoms. The van der Waals surface area contributed by atoms with Crippen LogP contribution in [0.25, 0.3) is 0 Å². The summed E-state index contributed by atoms with van der Waals surface area (Å²) in [5.41, 5.74) is 1.43. The van der Waals surface area contributed by atoms with E-state index >= 15 is 0 Å². The first kappa shape index (κ1) is 18.7. The normalized spacial score (nSPS) is 10.0. The van der Waals surface area contributed by atoms with Gasteiger partial charge in [0, 0.05) is 5.56 Å². The quantitative estimate of drug-likeness (QED) is 0.683. The summed E-state index contributed by atoms with van der Waals surface area (Å²) in [6.07, 6.45) is 0.789. The summed E-state index contributed by atoms with van der Waals surface area (Å²) < 4.78 is 9.72. The first-order chi connectivity index (χ1) is 11.0. The zero-order valence-electron chi connectivity index (χ0n) is 13.8. The molecule has 0 aliphatic heterocycles. The van der Waals surface area contributed by atoms with Gasteiger partial charge in [0.25, 0.3) is 5.91 Å². The Labute approximate surface area is 136 Å². The van der Waals surface area contributed by atoms with E-state index in [1.807, 2.05) is 13.0 Å². The number of ether oxygens (including phenoxy) is 2. The third-order valence-corrected chi connectivity index (χ3v) is 3.12. The van der Waals surface area contributed by atoms with E-state index in [4.69, 9.17) is 9.47 Å². The van der Waals surface area contributed by atoms with Crippen molar-refractivity contribution < 1.29 is 23.9 Å². The van der Waals surface area contributed by atoms with Crippen LogP contribution in [0.15, 0.2) is 24.3 Å². The Hall–Kier alpha value is -2.37. The van der Waals surface area contributed by atoms with Crippen LogP contribution in [-0.2, 0) is 25.5 Å². The number of esters is 2. The second-order valence-electron chi connectivity index (χ2n) is 4.83. The standard InChI is InChI=1S/C17H23NO5/c1-4-13-8-7-9-14(10-13)17(21)18(11-15(19)22-5-2)12-16(20)23-6-3/h7-10H,4-6,11-12H2,1-3H3. The summed E-state index contributed by atoms with van der Waals surface area (Å²) in [6.45, 7) is 5.19. The summed E-state index contributed by atoms with van der Waals surface area (Å²) >= 11 is 0. The van der Waals surface area contributed by atoms with E-state index in [9.17, 15) is 14.4 Å². The SMILES string of the molecule is CCOC(=O)CN(CC(=O)OCC)C(=O)c1cccc(CC)c1. The third kappa shape index (κ3) is 6.10. The average Bonchev–Trinajstić information content (AvgIpc) is 2.54. The topological polar surface area (TPSA) is 72.9 Å². The van der Waals surface area contributed by atoms with Gasteiger partial charge >= 0.3 is 11.9 Å². The maximum atomic E-state index is 12.6. The van der Waals surface area contributed by atoms with Crippen LogP contribution >= 0.6 is 0 Å². The fourth-order valence-corrected chi connectivity index (χ4v) is 2.03. The van der Waals surface area contributed by atoms with Crippen molar-refractivity contribution in [3.05, 3.63) is 35.4 Å². The number of hydrogen-bond donors (Lipinski definition) is 0. The van der Waals surface area contributed by atoms with Crippen LogP contribution in [-0.4, -0.2) is 49.0 Å². The molecule has 126 valence electrons. The van der Waals surface area contributed by atoms with Crippen molar-refractivity contribution >= 4 is 17.8 Å². The van der Waals surface area contributed by atoms with E-state index in [1.165, 1.54) is 0 Å². The van der Waals surface area contributed by atoms with Crippen LogP contribution in [0.4, 0.5) is 0 Å². The number of hydrogen-bond acceptors (Lipinski definition) is 5. The van der Waals surface area contributed by atoms with Gasteiger partial charge in [-0.15, -0.1) is 0 Å². The number of aryl methyl sites for hydroxylation is 1. The lowest BCUT2D eigenvalue weighted by molar-refractivity contribution is -0.147. The van der Waals surface area contributed by atoms with Crippen molar-refractivity contribution in [3.8, 4) is 0 Å². The lowest BCUT2D eigenvalue weighted by Gasteiger charge is -2.21. The molecule has 1 aromatic rings. The second-order valence-corrected chi connectivity index (χ2v) is 4.83. The zero-order valence-corrected chi connectivity index (χ0v) is 13.8. The summed E-state index contributed by atoms with van der Waals surface area (Å²) in [4.78, 5) is 37.1. The minimum absolute atomic E-state index is 0.214. The minimum Gasteiger partial charge on any atom is -0.465 e. The van der Waals surface area contributed by atoms with Crippen LogP contribution in [0.3, 0.4) is 0 Å². The Balaban J connectivity index is 2.93. The summed E-state index contributed by atoms with van der Waals surface area (Å²) in [5.74, 6) is -1.52. The highest BCUT2D eigenvalue weighted by Gasteiger charge is 2.22. The molecule has 1 aromatic carbocycles. The van der Waals surface area contributed by atoms with Gasteiger partial charge in [0.2, 0.25) is 0 Å². The molecule has 0 heterocycles. The van der Waals surface area contributed by atoms with Gasteiger partial charge in [-0.2, -0.15) is 0 Å². The molecule has 0 atom stereocenters. The van der Waals surface area contributed by atoms with Crippen molar-refractivity contribution in [1.29, 1.82) is 0 Å². The van der Waals surface area contributed by atoms with Gasteiger partial charge in [-0.25, -0.2) is 0 Å². The van der Waals surface area contributed by atoms with Gasteiger partial charge in [-0.1, -0.05) is 19.1 Å². The van der Waals surface area contributed by atoms with Gasteiger partial charge in [-0.3, -0.25) is 14.4 Å². The van der Waals surface area contributed by atoms with E-state index in [1.54, 1.807) is 32.0 Å². The average molecular weight is 321 g/mol. The molecule has 1 rings (SSSR count). The summed E-state index contributed by atoms with van der Waals surface area (Å²) in [6, 6.07) is 7.10. The van der Waals surface area contributed by atoms with Crippen molar-refractivity contribution in [2.45, 2.75) is 27.2 Å². The lowest BCUT2D eigenvalue weighted by Crippen LogP contribution is -2.40. The van der Waals surface area contributed by atoms with Gasteiger partial charge in [0.05, 0.1) is 13.2 Å². The van der Waals surface area contributed by atoms with Crippen molar-refractivity contribution in [2.24, 2.45) is 0 Å². The van der Waals surface area contributed by atoms with Crippen molar-refractivity contribution in [1.82, 2.24) is 4.90 Å². The van der Waals surface area contributed by atoms with E-state index in [0.29, 0.717) is 5.56 Å². The number of amides is 1. The number of nitrogens with zero attached hydrogens (tertiary/aromatic N) is 1. The van der Waals surface area contributed by atoms with Crippen LogP contribution in [0.2, 0.25) is 0 Å². The molecule has 0 spiro atoms. The molecule has 0 bridgehead atoms. The molecule has 0 aliphatic carbocycles. The molecule has 0 saturated carbocycles. The molecule has 0 aromatic heterocycles. The fraction of sp³-hybridized carbons (Fsp3) is 0.471. The Bertz CT molecular complexity index is 536. The molecule has 1 amide bonds. The monoisotopic (exact) mass is 321 g/mol. The molecule has 0 unspecified atom stereocenters. The minimum atomic E-state index is -0.559. The van der Waals surface area contributed by atoms with Gasteiger partial charge in [-0.05, 0) is 38.0 Å². The van der Waals surface area contributed by atoms with Gasteiger partial charge in [0.1, 0.15) is 13.1 Å². The Morgan fingerprint density at radius 2 is 1.52 bits per heavy atom. The van der Waals surface area contributed by atoms with Crippen LogP contribution in [0.5, 0.6) is 0 Å². The molecular formula is C17H23NO5. The van der Waals surface area contributed by atoms with E-state index in [-0.39, 0.29) is 26.3 Å². The van der Waals surface area contributed by atoms with Gasteiger partial charge < -0.3 is 14.4 Å². The van der Waals surface area contributed by atoms with Crippen LogP contribution in [0, 0.1) is 0 Å². The number of rotatable bonds is 8. The van der Waals surface area contributed by atoms with E-state index < -0.39 is 17.8 Å². The summed E-state index contributed by atoms with van der Waals surface area (Å²) in [5, 5.41) is 0. The Morgan fingerprint density at radius 1 is 0.957 bits per heavy atom. The largest absolute Gasteiger partial charge is 0.465 e. The molecule has 0 saturated heterocycles. The number of benzene rings is 1. The molecule has 0 radical (unpaired) electrons. The Kier molecular flexibility index (Phi) is 7.80. The first-order valence-electron chi connectivity index (χ1n) is 7.71. The highest BCUT2D eigenvalue weighted by atomic mass is 16.5. The van der Waals surface area contributed by atoms with E-state index in [0.717, 1.165) is 16.9 Å². The predicted octanol–water partition coefficient (Wildman–Crippen LogP) is 1.82. The molecule has 23 heavy (non-hydrogen) atoms. The molecule has 0 fully saturated rings. The number of carbonyl (C=O) groups excluding carboxylic acids is 3. The van der Waals surface area contributed by atoms with Crippen molar-refractivity contribution in [2.75, 3.05) is 26.3 Å². The van der Waals surface area contributed by atoms with Crippen LogP contribution in [0.1, 0.15) is 36.7 Å². The smallest absolute Gasteiger partial charge is 0.325 e. The van der Waals surface area contributed by atoms with Gasteiger partial charge in [0.15, 0.2) is 0 Å². The van der Waals surface area contributed by atoms with E-state index in [2.05, 4.69) is 0 Å². The fourth-order valence-electron chi connectivity index (χ4n) is 2.03. The highest BCUT2D eigenvalue weighted by molar-refractivity contribution is 5.97. The first-order valence-corrected chi connectivity index (χ1v) is 7.71. The van der Waals surface area contributed by atoms with Crippen LogP contribution < -0.4 is 0 Å². The van der Waals surface area contributed by atoms with Crippen molar-refractivity contribution in [3.63, 3.8) is 0 Å². The molecular weight excluding hydrogens is 298 g/mol. The molecule has 0 aliphatic rings.